The Morgan fingerprint density at radius 2 is 1.78 bits per heavy atom. The smallest absolute Gasteiger partial charge is 0.337 e. The van der Waals surface area contributed by atoms with Crippen LogP contribution in [0.1, 0.15) is 42.7 Å². The zero-order chi connectivity index (χ0) is 23.3. The molecule has 0 aliphatic heterocycles. The van der Waals surface area contributed by atoms with Crippen LogP contribution < -0.4 is 5.32 Å². The third-order valence-corrected chi connectivity index (χ3v) is 4.78. The Hall–Kier alpha value is -4.14. The van der Waals surface area contributed by atoms with E-state index in [0.29, 0.717) is 16.8 Å². The number of furan rings is 1. The SMILES string of the molecule is COC(=O)c1ccc(-n2c(C)cc(C(=O)COC(=O)CNC(=O)c3ccco3)c2C)cc1. The lowest BCUT2D eigenvalue weighted by Crippen LogP contribution is -2.31. The third kappa shape index (κ3) is 4.94. The number of hydrogen-bond acceptors (Lipinski definition) is 7. The Kier molecular flexibility index (Phi) is 6.89. The van der Waals surface area contributed by atoms with Crippen LogP contribution in [0.3, 0.4) is 0 Å². The van der Waals surface area contributed by atoms with Gasteiger partial charge in [-0.3, -0.25) is 14.4 Å². The number of aryl methyl sites for hydroxylation is 1. The molecule has 32 heavy (non-hydrogen) atoms. The van der Waals surface area contributed by atoms with Crippen LogP contribution in [-0.4, -0.2) is 48.5 Å². The number of aromatic nitrogens is 1. The van der Waals surface area contributed by atoms with E-state index in [1.165, 1.54) is 19.4 Å². The number of rotatable bonds is 8. The summed E-state index contributed by atoms with van der Waals surface area (Å²) in [4.78, 5) is 47.9. The highest BCUT2D eigenvalue weighted by Gasteiger charge is 2.19. The minimum atomic E-state index is -0.745. The second kappa shape index (κ2) is 9.78. The molecule has 0 atom stereocenters. The predicted octanol–water partition coefficient (Wildman–Crippen LogP) is 2.63. The third-order valence-electron chi connectivity index (χ3n) is 4.78. The summed E-state index contributed by atoms with van der Waals surface area (Å²) in [5.41, 5.74) is 3.06. The van der Waals surface area contributed by atoms with Crippen molar-refractivity contribution < 1.29 is 33.1 Å². The van der Waals surface area contributed by atoms with Crippen LogP contribution in [0, 0.1) is 13.8 Å². The highest BCUT2D eigenvalue weighted by Crippen LogP contribution is 2.22. The number of nitrogens with one attached hydrogen (secondary N) is 1. The van der Waals surface area contributed by atoms with Gasteiger partial charge in [0.1, 0.15) is 6.54 Å². The Labute approximate surface area is 183 Å². The summed E-state index contributed by atoms with van der Waals surface area (Å²) in [7, 11) is 1.31. The molecule has 0 aliphatic rings. The fourth-order valence-corrected chi connectivity index (χ4v) is 3.23. The van der Waals surface area contributed by atoms with Gasteiger partial charge in [0.15, 0.2) is 12.4 Å². The molecule has 0 bridgehead atoms. The lowest BCUT2D eigenvalue weighted by molar-refractivity contribution is -0.141. The van der Waals surface area contributed by atoms with Gasteiger partial charge in [-0.25, -0.2) is 4.79 Å². The number of nitrogens with zero attached hydrogens (tertiary/aromatic N) is 1. The molecule has 0 aliphatic carbocycles. The van der Waals surface area contributed by atoms with E-state index in [4.69, 9.17) is 13.9 Å². The number of hydrogen-bond donors (Lipinski definition) is 1. The van der Waals surface area contributed by atoms with Crippen LogP contribution in [0.15, 0.2) is 53.1 Å². The topological polar surface area (TPSA) is 117 Å². The summed E-state index contributed by atoms with van der Waals surface area (Å²) in [6.07, 6.45) is 1.34. The van der Waals surface area contributed by atoms with Gasteiger partial charge in [-0.2, -0.15) is 0 Å². The number of carbonyl (C=O) groups excluding carboxylic acids is 4. The zero-order valence-electron chi connectivity index (χ0n) is 17.8. The summed E-state index contributed by atoms with van der Waals surface area (Å²) < 4.78 is 16.5. The largest absolute Gasteiger partial charge is 0.465 e. The van der Waals surface area contributed by atoms with Crippen molar-refractivity contribution in [2.45, 2.75) is 13.8 Å². The Morgan fingerprint density at radius 1 is 1.06 bits per heavy atom. The highest BCUT2D eigenvalue weighted by molar-refractivity contribution is 6.00. The van der Waals surface area contributed by atoms with E-state index in [9.17, 15) is 19.2 Å². The fourth-order valence-electron chi connectivity index (χ4n) is 3.23. The van der Waals surface area contributed by atoms with Gasteiger partial charge in [0, 0.05) is 22.6 Å². The van der Waals surface area contributed by atoms with E-state index >= 15 is 0 Å². The van der Waals surface area contributed by atoms with Crippen LogP contribution in [0.25, 0.3) is 5.69 Å². The molecule has 0 unspecified atom stereocenters. The maximum atomic E-state index is 12.6. The van der Waals surface area contributed by atoms with Gasteiger partial charge in [0.25, 0.3) is 5.91 Å². The maximum absolute atomic E-state index is 12.6. The Balaban J connectivity index is 1.62. The van der Waals surface area contributed by atoms with E-state index in [2.05, 4.69) is 5.32 Å². The van der Waals surface area contributed by atoms with Gasteiger partial charge in [-0.15, -0.1) is 0 Å². The number of benzene rings is 1. The van der Waals surface area contributed by atoms with Crippen molar-refractivity contribution in [1.29, 1.82) is 0 Å². The number of ether oxygens (including phenoxy) is 2. The van der Waals surface area contributed by atoms with Gasteiger partial charge in [-0.1, -0.05) is 0 Å². The second-order valence-electron chi connectivity index (χ2n) is 6.90. The fraction of sp³-hybridized carbons (Fsp3) is 0.217. The number of Topliss-reactive ketones (excluding diaryl/α,β-unsaturated/α-hetero) is 1. The number of amides is 1. The molecule has 2 heterocycles. The van der Waals surface area contributed by atoms with Crippen molar-refractivity contribution in [3.05, 3.63) is 77.0 Å². The number of carbonyl (C=O) groups is 4. The standard InChI is InChI=1S/C23H22N2O7/c1-14-11-18(15(2)25(14)17-8-6-16(7-9-17)23(29)30-3)19(26)13-32-21(27)12-24-22(28)20-5-4-10-31-20/h4-11H,12-13H2,1-3H3,(H,24,28). The van der Waals surface area contributed by atoms with Gasteiger partial charge in [0.2, 0.25) is 5.78 Å². The molecule has 166 valence electrons. The zero-order valence-corrected chi connectivity index (χ0v) is 17.8. The van der Waals surface area contributed by atoms with Crippen molar-refractivity contribution in [1.82, 2.24) is 9.88 Å². The summed E-state index contributed by atoms with van der Waals surface area (Å²) in [6.45, 7) is 2.77. The molecule has 1 amide bonds. The maximum Gasteiger partial charge on any atom is 0.337 e. The minimum absolute atomic E-state index is 0.0703. The lowest BCUT2D eigenvalue weighted by Gasteiger charge is -2.11. The molecule has 0 saturated heterocycles. The molecule has 0 fully saturated rings. The predicted molar refractivity (Wildman–Crippen MR) is 113 cm³/mol. The van der Waals surface area contributed by atoms with Crippen molar-refractivity contribution in [3.63, 3.8) is 0 Å². The van der Waals surface area contributed by atoms with Gasteiger partial charge < -0.3 is 23.8 Å². The van der Waals surface area contributed by atoms with Crippen molar-refractivity contribution in [2.24, 2.45) is 0 Å². The van der Waals surface area contributed by atoms with E-state index in [1.54, 1.807) is 43.3 Å². The number of methoxy groups -OCH3 is 1. The molecule has 1 aromatic carbocycles. The van der Waals surface area contributed by atoms with Crippen LogP contribution in [0.5, 0.6) is 0 Å². The lowest BCUT2D eigenvalue weighted by atomic mass is 10.1. The molecule has 0 spiro atoms. The Morgan fingerprint density at radius 3 is 2.41 bits per heavy atom. The first-order valence-electron chi connectivity index (χ1n) is 9.70. The van der Waals surface area contributed by atoms with E-state index in [-0.39, 0.29) is 11.5 Å². The van der Waals surface area contributed by atoms with Crippen molar-refractivity contribution in [2.75, 3.05) is 20.3 Å². The first-order chi connectivity index (χ1) is 15.3. The molecule has 0 saturated carbocycles. The monoisotopic (exact) mass is 438 g/mol. The quantitative estimate of drug-likeness (QED) is 0.424. The molecular weight excluding hydrogens is 416 g/mol. The van der Waals surface area contributed by atoms with Crippen molar-refractivity contribution in [3.8, 4) is 5.69 Å². The highest BCUT2D eigenvalue weighted by atomic mass is 16.5. The summed E-state index contributed by atoms with van der Waals surface area (Å²) in [5.74, 6) is -2.04. The molecule has 0 radical (unpaired) electrons. The molecule has 9 nitrogen and oxygen atoms in total. The van der Waals surface area contributed by atoms with Crippen LogP contribution in [0.4, 0.5) is 0 Å². The summed E-state index contributed by atoms with van der Waals surface area (Å²) in [6, 6.07) is 11.5. The first-order valence-corrected chi connectivity index (χ1v) is 9.70. The summed E-state index contributed by atoms with van der Waals surface area (Å²) in [5, 5.41) is 2.36. The van der Waals surface area contributed by atoms with E-state index in [1.807, 2.05) is 11.5 Å². The van der Waals surface area contributed by atoms with Gasteiger partial charge >= 0.3 is 11.9 Å². The number of esters is 2. The van der Waals surface area contributed by atoms with Crippen LogP contribution >= 0.6 is 0 Å². The average Bonchev–Trinajstić information content (AvgIpc) is 3.43. The second-order valence-corrected chi connectivity index (χ2v) is 6.90. The van der Waals surface area contributed by atoms with E-state index in [0.717, 1.165) is 11.4 Å². The molecule has 3 aromatic rings. The normalized spacial score (nSPS) is 10.5. The molecule has 1 N–H and O–H groups in total. The van der Waals surface area contributed by atoms with Crippen LogP contribution in [0.2, 0.25) is 0 Å². The van der Waals surface area contributed by atoms with Crippen LogP contribution in [-0.2, 0) is 14.3 Å². The molecule has 2 aromatic heterocycles. The average molecular weight is 438 g/mol. The molecular formula is C23H22N2O7. The Bertz CT molecular complexity index is 1140. The summed E-state index contributed by atoms with van der Waals surface area (Å²) >= 11 is 0. The molecule has 3 rings (SSSR count). The van der Waals surface area contributed by atoms with Crippen molar-refractivity contribution >= 4 is 23.6 Å². The van der Waals surface area contributed by atoms with E-state index < -0.39 is 31.0 Å². The van der Waals surface area contributed by atoms with Gasteiger partial charge in [0.05, 0.1) is 18.9 Å². The molecule has 9 heteroatoms. The number of ketones is 1. The first kappa shape index (κ1) is 22.5. The van der Waals surface area contributed by atoms with Gasteiger partial charge in [-0.05, 0) is 56.3 Å². The minimum Gasteiger partial charge on any atom is -0.465 e.